The predicted octanol–water partition coefficient (Wildman–Crippen LogP) is 2.58. The summed E-state index contributed by atoms with van der Waals surface area (Å²) in [5.41, 5.74) is -0.244. The highest BCUT2D eigenvalue weighted by Crippen LogP contribution is 2.24. The molecule has 3 heterocycles. The lowest BCUT2D eigenvalue weighted by atomic mass is 10.2. The Bertz CT molecular complexity index is 1500. The van der Waals surface area contributed by atoms with Crippen LogP contribution in [0.5, 0.6) is 5.75 Å². The van der Waals surface area contributed by atoms with Crippen LogP contribution in [0.25, 0.3) is 0 Å². The molecule has 0 aliphatic heterocycles. The quantitative estimate of drug-likeness (QED) is 0.156. The van der Waals surface area contributed by atoms with Crippen LogP contribution in [0.3, 0.4) is 0 Å². The second-order valence-electron chi connectivity index (χ2n) is 8.82. The highest BCUT2D eigenvalue weighted by molar-refractivity contribution is 5.91. The third-order valence-corrected chi connectivity index (χ3v) is 5.65. The number of halogens is 6. The van der Waals surface area contributed by atoms with E-state index in [1.165, 1.54) is 40.1 Å². The van der Waals surface area contributed by atoms with Crippen molar-refractivity contribution in [1.29, 1.82) is 0 Å². The Morgan fingerprint density at radius 2 is 1.83 bits per heavy atom. The van der Waals surface area contributed by atoms with Gasteiger partial charge >= 0.3 is 6.36 Å². The van der Waals surface area contributed by atoms with Gasteiger partial charge in [-0.15, -0.1) is 23.4 Å². The fraction of sp³-hybridized carbons (Fsp3) is 0.333. The molecule has 3 aromatic heterocycles. The van der Waals surface area contributed by atoms with Crippen LogP contribution in [0.1, 0.15) is 40.1 Å². The molecule has 1 aromatic carbocycles. The topological polar surface area (TPSA) is 145 Å². The number of nitrogens with one attached hydrogen (secondary N) is 2. The minimum Gasteiger partial charge on any atom is -0.406 e. The molecular formula is C24H23F6N9O3. The van der Waals surface area contributed by atoms with Crippen LogP contribution in [0.15, 0.2) is 48.9 Å². The van der Waals surface area contributed by atoms with Crippen LogP contribution < -0.4 is 15.4 Å². The molecule has 2 atom stereocenters. The van der Waals surface area contributed by atoms with Gasteiger partial charge in [0.1, 0.15) is 29.2 Å². The molecule has 0 bridgehead atoms. The van der Waals surface area contributed by atoms with Crippen molar-refractivity contribution in [2.24, 2.45) is 0 Å². The monoisotopic (exact) mass is 599 g/mol. The molecule has 2 unspecified atom stereocenters. The number of aryl methyl sites for hydroxylation is 1. The number of hydrogen-bond acceptors (Lipinski definition) is 9. The van der Waals surface area contributed by atoms with E-state index in [1.54, 1.807) is 0 Å². The molecule has 0 radical (unpaired) electrons. The average Bonchev–Trinajstić information content (AvgIpc) is 3.61. The Balaban J connectivity index is 1.22. The normalized spacial score (nSPS) is 13.1. The number of aliphatic hydroxyl groups is 1. The minimum atomic E-state index is -4.96. The summed E-state index contributed by atoms with van der Waals surface area (Å²) in [7, 11) is 0. The van der Waals surface area contributed by atoms with Crippen molar-refractivity contribution in [2.75, 3.05) is 0 Å². The zero-order valence-electron chi connectivity index (χ0n) is 21.5. The number of benzene rings is 1. The van der Waals surface area contributed by atoms with E-state index >= 15 is 0 Å². The van der Waals surface area contributed by atoms with Crippen molar-refractivity contribution < 1.29 is 41.0 Å². The molecule has 0 fully saturated rings. The second-order valence-corrected chi connectivity index (χ2v) is 8.82. The van der Waals surface area contributed by atoms with Gasteiger partial charge in [0.25, 0.3) is 5.91 Å². The van der Waals surface area contributed by atoms with Gasteiger partial charge in [-0.2, -0.15) is 0 Å². The number of aromatic nitrogens is 7. The Morgan fingerprint density at radius 1 is 1.05 bits per heavy atom. The maximum absolute atomic E-state index is 14.6. The number of hydrogen-bond donors (Lipinski definition) is 3. The van der Waals surface area contributed by atoms with E-state index in [4.69, 9.17) is 0 Å². The fourth-order valence-electron chi connectivity index (χ4n) is 3.60. The summed E-state index contributed by atoms with van der Waals surface area (Å²) in [4.78, 5) is 16.2. The van der Waals surface area contributed by atoms with E-state index in [1.807, 2.05) is 0 Å². The van der Waals surface area contributed by atoms with Crippen LogP contribution in [0.2, 0.25) is 0 Å². The van der Waals surface area contributed by atoms with E-state index < -0.39 is 48.6 Å². The molecule has 4 rings (SSSR count). The number of alkyl halides is 4. The molecule has 18 heteroatoms. The van der Waals surface area contributed by atoms with Gasteiger partial charge in [-0.3, -0.25) is 19.8 Å². The first-order valence-corrected chi connectivity index (χ1v) is 12.2. The summed E-state index contributed by atoms with van der Waals surface area (Å²) in [5, 5.41) is 30.1. The van der Waals surface area contributed by atoms with Gasteiger partial charge < -0.3 is 15.2 Å². The van der Waals surface area contributed by atoms with E-state index in [9.17, 15) is 36.2 Å². The summed E-state index contributed by atoms with van der Waals surface area (Å²) < 4.78 is 85.5. The molecule has 3 N–H and O–H groups in total. The van der Waals surface area contributed by atoms with Gasteiger partial charge in [-0.25, -0.2) is 17.9 Å². The summed E-state index contributed by atoms with van der Waals surface area (Å²) in [6.45, 7) is -0.720. The second kappa shape index (κ2) is 13.4. The highest BCUT2D eigenvalue weighted by atomic mass is 19.4. The van der Waals surface area contributed by atoms with Gasteiger partial charge in [0, 0.05) is 37.8 Å². The van der Waals surface area contributed by atoms with Crippen LogP contribution in [0, 0.1) is 11.6 Å². The zero-order chi connectivity index (χ0) is 30.3. The molecule has 12 nitrogen and oxygen atoms in total. The zero-order valence-corrected chi connectivity index (χ0v) is 21.5. The Hall–Kier alpha value is -4.58. The molecule has 42 heavy (non-hydrogen) atoms. The van der Waals surface area contributed by atoms with Gasteiger partial charge in [0.05, 0.1) is 24.6 Å². The van der Waals surface area contributed by atoms with E-state index in [-0.39, 0.29) is 48.7 Å². The van der Waals surface area contributed by atoms with Crippen molar-refractivity contribution >= 4 is 5.91 Å². The molecule has 0 aliphatic rings. The summed E-state index contributed by atoms with van der Waals surface area (Å²) >= 11 is 0. The third kappa shape index (κ3) is 8.71. The van der Waals surface area contributed by atoms with E-state index in [0.29, 0.717) is 0 Å². The number of carbonyl (C=O) groups is 1. The van der Waals surface area contributed by atoms with Crippen molar-refractivity contribution in [1.82, 2.24) is 45.6 Å². The molecule has 0 aliphatic carbocycles. The third-order valence-electron chi connectivity index (χ3n) is 5.65. The van der Waals surface area contributed by atoms with Crippen LogP contribution in [-0.2, 0) is 26.2 Å². The minimum absolute atomic E-state index is 0.0221. The van der Waals surface area contributed by atoms with E-state index in [0.717, 1.165) is 18.2 Å². The molecule has 0 saturated carbocycles. The largest absolute Gasteiger partial charge is 0.573 e. The Morgan fingerprint density at radius 3 is 2.60 bits per heavy atom. The first kappa shape index (κ1) is 30.4. The van der Waals surface area contributed by atoms with Gasteiger partial charge in [-0.05, 0) is 30.3 Å². The number of pyridine rings is 1. The van der Waals surface area contributed by atoms with Crippen LogP contribution in [-0.4, -0.2) is 58.5 Å². The Kier molecular flexibility index (Phi) is 9.68. The lowest BCUT2D eigenvalue weighted by molar-refractivity contribution is -0.274. The smallest absolute Gasteiger partial charge is 0.406 e. The number of aliphatic hydroxyl groups excluding tert-OH is 1. The van der Waals surface area contributed by atoms with Crippen molar-refractivity contribution in [3.05, 3.63) is 83.2 Å². The average molecular weight is 599 g/mol. The summed E-state index contributed by atoms with van der Waals surface area (Å²) in [6.07, 6.45) is -3.79. The van der Waals surface area contributed by atoms with E-state index in [2.05, 4.69) is 41.0 Å². The lowest BCUT2D eigenvalue weighted by Gasteiger charge is -2.11. The number of ether oxygens (including phenoxy) is 1. The maximum Gasteiger partial charge on any atom is 0.573 e. The number of amides is 1. The molecule has 4 aromatic rings. The fourth-order valence-corrected chi connectivity index (χ4v) is 3.60. The first-order valence-electron chi connectivity index (χ1n) is 12.2. The molecule has 0 saturated heterocycles. The molecule has 1 amide bonds. The Labute approximate surface area is 233 Å². The standard InChI is InChI=1S/C24H23F6N9O3/c25-15(11-39-13-21(35-37-39)23(41)33-10-19-18(27)2-1-6-31-19)5-7-38-12-20(34-36-38)22(40)32-9-14-8-16(3-4-17(14)26)42-24(28,29)30/h1-4,6,8,12-13,15,23,33,41H,5,7,9-11H2,(H,32,40). The van der Waals surface area contributed by atoms with Gasteiger partial charge in [0.15, 0.2) is 11.9 Å². The number of nitrogens with zero attached hydrogens (tertiary/aromatic N) is 7. The van der Waals surface area contributed by atoms with Crippen molar-refractivity contribution in [3.8, 4) is 5.75 Å². The lowest BCUT2D eigenvalue weighted by Crippen LogP contribution is -2.24. The first-order chi connectivity index (χ1) is 20.0. The predicted molar refractivity (Wildman–Crippen MR) is 130 cm³/mol. The van der Waals surface area contributed by atoms with Gasteiger partial charge in [-0.1, -0.05) is 10.4 Å². The van der Waals surface area contributed by atoms with Crippen molar-refractivity contribution in [3.63, 3.8) is 0 Å². The number of carbonyl (C=O) groups excluding carboxylic acids is 1. The van der Waals surface area contributed by atoms with Gasteiger partial charge in [0.2, 0.25) is 0 Å². The van der Waals surface area contributed by atoms with Crippen LogP contribution >= 0.6 is 0 Å². The highest BCUT2D eigenvalue weighted by Gasteiger charge is 2.31. The summed E-state index contributed by atoms with van der Waals surface area (Å²) in [5.74, 6) is -2.83. The van der Waals surface area contributed by atoms with Crippen molar-refractivity contribution in [2.45, 2.75) is 51.4 Å². The summed E-state index contributed by atoms with van der Waals surface area (Å²) in [6, 6.07) is 5.05. The maximum atomic E-state index is 14.6. The van der Waals surface area contributed by atoms with Crippen LogP contribution in [0.4, 0.5) is 26.3 Å². The molecule has 224 valence electrons. The molecular weight excluding hydrogens is 576 g/mol. The SMILES string of the molecule is O=C(NCc1cc(OC(F)(F)F)ccc1F)c1cn(CCC(F)Cn2cc(C(O)NCc3ncccc3F)nn2)nn1. The molecule has 0 spiro atoms. The number of rotatable bonds is 13.